The van der Waals surface area contributed by atoms with Crippen LogP contribution < -0.4 is 5.32 Å². The first kappa shape index (κ1) is 15.4. The smallest absolute Gasteiger partial charge is 0.455 e. The molecule has 1 saturated heterocycles. The summed E-state index contributed by atoms with van der Waals surface area (Å²) in [5.41, 5.74) is 0. The molecule has 3 rings (SSSR count). The normalized spacial score (nSPS) is 15.5. The number of urea groups is 1. The standard InChI is InChI=1S/C13H13F3N4O3/c14-13(15,16)11-18-10(23-19-11)5-17-12(21)20-6-8(7-20)4-9-2-1-3-22-9/h1-3,8H,4-7H2,(H,17,21). The number of nitrogens with one attached hydrogen (secondary N) is 1. The Balaban J connectivity index is 1.41. The van der Waals surface area contributed by atoms with Crippen molar-refractivity contribution in [3.8, 4) is 0 Å². The minimum atomic E-state index is -4.66. The molecule has 23 heavy (non-hydrogen) atoms. The molecule has 2 aromatic rings. The number of halogens is 3. The maximum Gasteiger partial charge on any atom is 0.455 e. The van der Waals surface area contributed by atoms with Gasteiger partial charge in [-0.25, -0.2) is 4.79 Å². The molecular formula is C13H13F3N4O3. The lowest BCUT2D eigenvalue weighted by Crippen LogP contribution is -2.54. The second-order valence-corrected chi connectivity index (χ2v) is 5.22. The number of carbonyl (C=O) groups excluding carboxylic acids is 1. The zero-order valence-electron chi connectivity index (χ0n) is 11.8. The SMILES string of the molecule is O=C(NCc1nc(C(F)(F)F)no1)N1CC(Cc2ccco2)C1. The third-order valence-corrected chi connectivity index (χ3v) is 3.43. The zero-order chi connectivity index (χ0) is 16.4. The number of carbonyl (C=O) groups is 1. The highest BCUT2D eigenvalue weighted by atomic mass is 19.4. The highest BCUT2D eigenvalue weighted by Crippen LogP contribution is 2.26. The molecule has 1 fully saturated rings. The molecule has 2 aromatic heterocycles. The molecule has 7 nitrogen and oxygen atoms in total. The molecule has 0 spiro atoms. The van der Waals surface area contributed by atoms with E-state index in [1.807, 2.05) is 6.07 Å². The van der Waals surface area contributed by atoms with Gasteiger partial charge in [-0.15, -0.1) is 0 Å². The maximum absolute atomic E-state index is 12.3. The van der Waals surface area contributed by atoms with E-state index in [1.54, 1.807) is 17.2 Å². The van der Waals surface area contributed by atoms with Crippen LogP contribution in [0, 0.1) is 5.92 Å². The topological polar surface area (TPSA) is 84.4 Å². The second kappa shape index (κ2) is 5.94. The number of alkyl halides is 3. The van der Waals surface area contributed by atoms with E-state index in [0.29, 0.717) is 19.0 Å². The minimum Gasteiger partial charge on any atom is -0.469 e. The van der Waals surface area contributed by atoms with Crippen LogP contribution >= 0.6 is 0 Å². The molecule has 2 amide bonds. The van der Waals surface area contributed by atoms with Gasteiger partial charge in [0.15, 0.2) is 0 Å². The molecule has 0 unspecified atom stereocenters. The van der Waals surface area contributed by atoms with Crippen molar-refractivity contribution in [1.29, 1.82) is 0 Å². The Kier molecular flexibility index (Phi) is 3.97. The predicted octanol–water partition coefficient (Wildman–Crippen LogP) is 2.07. The average Bonchev–Trinajstić information content (AvgIpc) is 3.10. The van der Waals surface area contributed by atoms with Crippen molar-refractivity contribution in [3.63, 3.8) is 0 Å². The number of hydrogen-bond acceptors (Lipinski definition) is 5. The largest absolute Gasteiger partial charge is 0.469 e. The van der Waals surface area contributed by atoms with E-state index in [2.05, 4.69) is 20.0 Å². The average molecular weight is 330 g/mol. The third kappa shape index (κ3) is 3.63. The van der Waals surface area contributed by atoms with Gasteiger partial charge in [0.1, 0.15) is 5.76 Å². The summed E-state index contributed by atoms with van der Waals surface area (Å²) in [4.78, 5) is 16.6. The van der Waals surface area contributed by atoms with Gasteiger partial charge in [0.25, 0.3) is 5.82 Å². The van der Waals surface area contributed by atoms with E-state index in [9.17, 15) is 18.0 Å². The highest BCUT2D eigenvalue weighted by molar-refractivity contribution is 5.74. The van der Waals surface area contributed by atoms with E-state index < -0.39 is 12.0 Å². The van der Waals surface area contributed by atoms with Crippen molar-refractivity contribution in [2.75, 3.05) is 13.1 Å². The minimum absolute atomic E-state index is 0.249. The Bertz CT molecular complexity index is 662. The lowest BCUT2D eigenvalue weighted by Gasteiger charge is -2.38. The summed E-state index contributed by atoms with van der Waals surface area (Å²) in [6.07, 6.45) is -2.32. The lowest BCUT2D eigenvalue weighted by molar-refractivity contribution is -0.146. The predicted molar refractivity (Wildman–Crippen MR) is 69.0 cm³/mol. The molecule has 1 aliphatic rings. The van der Waals surface area contributed by atoms with Crippen LogP contribution in [0.15, 0.2) is 27.3 Å². The summed E-state index contributed by atoms with van der Waals surface area (Å²) >= 11 is 0. The van der Waals surface area contributed by atoms with Crippen molar-refractivity contribution < 1.29 is 26.9 Å². The van der Waals surface area contributed by atoms with Crippen molar-refractivity contribution in [2.24, 2.45) is 5.92 Å². The van der Waals surface area contributed by atoms with Crippen LogP contribution in [0.3, 0.4) is 0 Å². The fourth-order valence-corrected chi connectivity index (χ4v) is 2.28. The van der Waals surface area contributed by atoms with Gasteiger partial charge in [-0.1, -0.05) is 5.16 Å². The van der Waals surface area contributed by atoms with Crippen LogP contribution in [0.25, 0.3) is 0 Å². The molecule has 0 aromatic carbocycles. The molecule has 0 saturated carbocycles. The van der Waals surface area contributed by atoms with Crippen LogP contribution in [0.5, 0.6) is 0 Å². The Morgan fingerprint density at radius 3 is 2.83 bits per heavy atom. The van der Waals surface area contributed by atoms with E-state index in [-0.39, 0.29) is 18.5 Å². The molecule has 124 valence electrons. The van der Waals surface area contributed by atoms with Crippen LogP contribution in [0.4, 0.5) is 18.0 Å². The van der Waals surface area contributed by atoms with Crippen molar-refractivity contribution in [3.05, 3.63) is 35.9 Å². The van der Waals surface area contributed by atoms with Crippen molar-refractivity contribution in [2.45, 2.75) is 19.1 Å². The van der Waals surface area contributed by atoms with E-state index in [4.69, 9.17) is 4.42 Å². The number of nitrogens with zero attached hydrogens (tertiary/aromatic N) is 3. The maximum atomic E-state index is 12.3. The summed E-state index contributed by atoms with van der Waals surface area (Å²) in [5.74, 6) is -0.477. The number of hydrogen-bond donors (Lipinski definition) is 1. The Hall–Kier alpha value is -2.52. The summed E-state index contributed by atoms with van der Waals surface area (Å²) in [6.45, 7) is 0.871. The van der Waals surface area contributed by atoms with E-state index >= 15 is 0 Å². The van der Waals surface area contributed by atoms with Gasteiger partial charge in [-0.3, -0.25) is 0 Å². The van der Waals surface area contributed by atoms with Gasteiger partial charge in [0, 0.05) is 25.4 Å². The van der Waals surface area contributed by atoms with Gasteiger partial charge < -0.3 is 19.2 Å². The van der Waals surface area contributed by atoms with Crippen LogP contribution in [-0.2, 0) is 19.1 Å². The molecule has 0 atom stereocenters. The molecule has 10 heteroatoms. The van der Waals surface area contributed by atoms with E-state index in [1.165, 1.54) is 0 Å². The Morgan fingerprint density at radius 2 is 2.22 bits per heavy atom. The quantitative estimate of drug-likeness (QED) is 0.928. The van der Waals surface area contributed by atoms with E-state index in [0.717, 1.165) is 12.2 Å². The Labute approximate surface area is 128 Å². The molecule has 0 aliphatic carbocycles. The van der Waals surface area contributed by atoms with Crippen molar-refractivity contribution in [1.82, 2.24) is 20.4 Å². The first-order valence-corrected chi connectivity index (χ1v) is 6.87. The fraction of sp³-hybridized carbons (Fsp3) is 0.462. The molecule has 0 radical (unpaired) electrons. The summed E-state index contributed by atoms with van der Waals surface area (Å²) < 4.78 is 46.6. The lowest BCUT2D eigenvalue weighted by atomic mass is 9.95. The first-order chi connectivity index (χ1) is 10.9. The van der Waals surface area contributed by atoms with Gasteiger partial charge in [-0.05, 0) is 12.1 Å². The van der Waals surface area contributed by atoms with Gasteiger partial charge in [-0.2, -0.15) is 18.2 Å². The summed E-state index contributed by atoms with van der Waals surface area (Å²) in [7, 11) is 0. The molecule has 0 bridgehead atoms. The van der Waals surface area contributed by atoms with Crippen molar-refractivity contribution >= 4 is 6.03 Å². The van der Waals surface area contributed by atoms with Gasteiger partial charge in [0.2, 0.25) is 5.89 Å². The summed E-state index contributed by atoms with van der Waals surface area (Å²) in [6, 6.07) is 3.29. The highest BCUT2D eigenvalue weighted by Gasteiger charge is 2.37. The number of aromatic nitrogens is 2. The van der Waals surface area contributed by atoms with Gasteiger partial charge in [0.05, 0.1) is 12.8 Å². The van der Waals surface area contributed by atoms with Crippen LogP contribution in [0.2, 0.25) is 0 Å². The molecular weight excluding hydrogens is 317 g/mol. The van der Waals surface area contributed by atoms with Crippen LogP contribution in [-0.4, -0.2) is 34.2 Å². The number of rotatable bonds is 4. The second-order valence-electron chi connectivity index (χ2n) is 5.22. The monoisotopic (exact) mass is 330 g/mol. The molecule has 3 heterocycles. The number of likely N-dealkylation sites (tertiary alicyclic amines) is 1. The van der Waals surface area contributed by atoms with Gasteiger partial charge >= 0.3 is 12.2 Å². The third-order valence-electron chi connectivity index (χ3n) is 3.43. The molecule has 1 N–H and O–H groups in total. The Morgan fingerprint density at radius 1 is 1.43 bits per heavy atom. The number of furan rings is 1. The number of amides is 2. The molecule has 1 aliphatic heterocycles. The first-order valence-electron chi connectivity index (χ1n) is 6.87. The fourth-order valence-electron chi connectivity index (χ4n) is 2.28. The zero-order valence-corrected chi connectivity index (χ0v) is 11.8. The summed E-state index contributed by atoms with van der Waals surface area (Å²) in [5, 5.41) is 5.26. The van der Waals surface area contributed by atoms with Crippen LogP contribution in [0.1, 0.15) is 17.5 Å².